The normalized spacial score (nSPS) is 31.6. The van der Waals surface area contributed by atoms with Crippen LogP contribution in [0.3, 0.4) is 0 Å². The molecular weight excluding hydrogens is 242 g/mol. The molecule has 1 saturated carbocycles. The highest BCUT2D eigenvalue weighted by Gasteiger charge is 2.35. The lowest BCUT2D eigenvalue weighted by molar-refractivity contribution is -0.0645. The summed E-state index contributed by atoms with van der Waals surface area (Å²) < 4.78 is 11.5. The number of aliphatic hydroxyl groups excluding tert-OH is 1. The van der Waals surface area contributed by atoms with Gasteiger partial charge in [-0.25, -0.2) is 0 Å². The van der Waals surface area contributed by atoms with E-state index in [4.69, 9.17) is 15.2 Å². The van der Waals surface area contributed by atoms with Crippen molar-refractivity contribution in [2.45, 2.75) is 70.6 Å². The Morgan fingerprint density at radius 1 is 1.11 bits per heavy atom. The molecule has 0 radical (unpaired) electrons. The van der Waals surface area contributed by atoms with Crippen LogP contribution in [0.1, 0.15) is 52.4 Å². The van der Waals surface area contributed by atoms with Crippen LogP contribution in [0.4, 0.5) is 0 Å². The molecule has 0 amide bonds. The molecule has 0 aromatic carbocycles. The van der Waals surface area contributed by atoms with E-state index in [0.717, 1.165) is 58.3 Å². The molecule has 4 atom stereocenters. The van der Waals surface area contributed by atoms with E-state index in [9.17, 15) is 5.11 Å². The number of rotatable bonds is 9. The maximum absolute atomic E-state index is 10.0. The standard InChI is InChI=1S/C15H31NO3/c1-3-5-7-18-11-12-9-13(17)15(16)14(10-12)19-8-6-4-2/h12-15,17H,3-11,16H2,1-2H3/t12-,13-,14-,15-/m0/s1. The fourth-order valence-electron chi connectivity index (χ4n) is 2.52. The van der Waals surface area contributed by atoms with Crippen molar-refractivity contribution in [1.82, 2.24) is 0 Å². The molecule has 0 bridgehead atoms. The van der Waals surface area contributed by atoms with Gasteiger partial charge in [0.1, 0.15) is 0 Å². The average molecular weight is 273 g/mol. The fourth-order valence-corrected chi connectivity index (χ4v) is 2.52. The van der Waals surface area contributed by atoms with Gasteiger partial charge >= 0.3 is 0 Å². The molecule has 0 spiro atoms. The van der Waals surface area contributed by atoms with Gasteiger partial charge in [0.2, 0.25) is 0 Å². The average Bonchev–Trinajstić information content (AvgIpc) is 2.40. The maximum atomic E-state index is 10.0. The van der Waals surface area contributed by atoms with Crippen LogP contribution < -0.4 is 5.73 Å². The predicted octanol–water partition coefficient (Wildman–Crippen LogP) is 2.09. The van der Waals surface area contributed by atoms with Crippen molar-refractivity contribution in [1.29, 1.82) is 0 Å². The van der Waals surface area contributed by atoms with Gasteiger partial charge in [-0.1, -0.05) is 26.7 Å². The highest BCUT2D eigenvalue weighted by molar-refractivity contribution is 4.89. The number of ether oxygens (including phenoxy) is 2. The van der Waals surface area contributed by atoms with Gasteiger partial charge in [0.25, 0.3) is 0 Å². The summed E-state index contributed by atoms with van der Waals surface area (Å²) in [5.41, 5.74) is 6.03. The second-order valence-corrected chi connectivity index (χ2v) is 5.67. The summed E-state index contributed by atoms with van der Waals surface area (Å²) in [6.45, 7) is 6.58. The van der Waals surface area contributed by atoms with Crippen molar-refractivity contribution in [3.8, 4) is 0 Å². The Bertz CT molecular complexity index is 225. The first kappa shape index (κ1) is 16.9. The van der Waals surface area contributed by atoms with E-state index in [0.29, 0.717) is 5.92 Å². The van der Waals surface area contributed by atoms with Crippen molar-refractivity contribution >= 4 is 0 Å². The third-order valence-electron chi connectivity index (χ3n) is 3.84. The molecule has 1 rings (SSSR count). The Labute approximate surface area is 117 Å². The molecule has 114 valence electrons. The molecule has 0 aromatic heterocycles. The Morgan fingerprint density at radius 3 is 2.47 bits per heavy atom. The first-order valence-electron chi connectivity index (χ1n) is 7.82. The van der Waals surface area contributed by atoms with Crippen molar-refractivity contribution in [2.24, 2.45) is 11.7 Å². The van der Waals surface area contributed by atoms with Crippen LogP contribution in [-0.2, 0) is 9.47 Å². The number of aliphatic hydroxyl groups is 1. The highest BCUT2D eigenvalue weighted by atomic mass is 16.5. The number of nitrogens with two attached hydrogens (primary N) is 1. The van der Waals surface area contributed by atoms with Gasteiger partial charge in [0.05, 0.1) is 18.2 Å². The monoisotopic (exact) mass is 273 g/mol. The van der Waals surface area contributed by atoms with E-state index in [2.05, 4.69) is 13.8 Å². The van der Waals surface area contributed by atoms with Gasteiger partial charge in [-0.15, -0.1) is 0 Å². The summed E-state index contributed by atoms with van der Waals surface area (Å²) in [6, 6.07) is -0.247. The van der Waals surface area contributed by atoms with Gasteiger partial charge in [-0.2, -0.15) is 0 Å². The predicted molar refractivity (Wildman–Crippen MR) is 77.1 cm³/mol. The largest absolute Gasteiger partial charge is 0.391 e. The number of hydrogen-bond donors (Lipinski definition) is 2. The summed E-state index contributed by atoms with van der Waals surface area (Å²) in [5.74, 6) is 0.373. The second-order valence-electron chi connectivity index (χ2n) is 5.67. The minimum atomic E-state index is -0.458. The van der Waals surface area contributed by atoms with Crippen LogP contribution in [0.25, 0.3) is 0 Å². The van der Waals surface area contributed by atoms with E-state index in [-0.39, 0.29) is 12.1 Å². The van der Waals surface area contributed by atoms with Crippen molar-refractivity contribution in [2.75, 3.05) is 19.8 Å². The number of hydrogen-bond acceptors (Lipinski definition) is 4. The van der Waals surface area contributed by atoms with E-state index >= 15 is 0 Å². The van der Waals surface area contributed by atoms with Crippen LogP contribution in [0, 0.1) is 5.92 Å². The SMILES string of the molecule is CCCCOC[C@@H]1C[C@H](OCCCC)[C@@H](N)[C@@H](O)C1. The van der Waals surface area contributed by atoms with Gasteiger partial charge < -0.3 is 20.3 Å². The molecule has 0 aliphatic heterocycles. The zero-order valence-electron chi connectivity index (χ0n) is 12.5. The van der Waals surface area contributed by atoms with Gasteiger partial charge in [0.15, 0.2) is 0 Å². The van der Waals surface area contributed by atoms with E-state index in [1.165, 1.54) is 0 Å². The second kappa shape index (κ2) is 9.70. The lowest BCUT2D eigenvalue weighted by atomic mass is 9.82. The van der Waals surface area contributed by atoms with Crippen LogP contribution in [0.5, 0.6) is 0 Å². The molecule has 3 N–H and O–H groups in total. The van der Waals surface area contributed by atoms with Crippen LogP contribution in [-0.4, -0.2) is 43.2 Å². The summed E-state index contributed by atoms with van der Waals surface area (Å²) in [7, 11) is 0. The van der Waals surface area contributed by atoms with E-state index < -0.39 is 6.10 Å². The summed E-state index contributed by atoms with van der Waals surface area (Å²) >= 11 is 0. The molecule has 1 fully saturated rings. The minimum Gasteiger partial charge on any atom is -0.391 e. The first-order chi connectivity index (χ1) is 9.19. The Hall–Kier alpha value is -0.160. The summed E-state index contributed by atoms with van der Waals surface area (Å²) in [6.07, 6.45) is 5.60. The zero-order chi connectivity index (χ0) is 14.1. The minimum absolute atomic E-state index is 0.0184. The fraction of sp³-hybridized carbons (Fsp3) is 1.00. The van der Waals surface area contributed by atoms with E-state index in [1.54, 1.807) is 0 Å². The lowest BCUT2D eigenvalue weighted by Crippen LogP contribution is -2.52. The van der Waals surface area contributed by atoms with Gasteiger partial charge in [-0.3, -0.25) is 0 Å². The summed E-state index contributed by atoms with van der Waals surface area (Å²) in [4.78, 5) is 0. The molecule has 0 heterocycles. The summed E-state index contributed by atoms with van der Waals surface area (Å²) in [5, 5.41) is 10.0. The molecule has 4 heteroatoms. The Balaban J connectivity index is 2.30. The molecule has 19 heavy (non-hydrogen) atoms. The Kier molecular flexibility index (Phi) is 8.62. The van der Waals surface area contributed by atoms with Gasteiger partial charge in [0, 0.05) is 19.8 Å². The molecule has 0 unspecified atom stereocenters. The maximum Gasteiger partial charge on any atom is 0.0754 e. The molecular formula is C15H31NO3. The number of unbranched alkanes of at least 4 members (excludes halogenated alkanes) is 2. The molecule has 4 nitrogen and oxygen atoms in total. The van der Waals surface area contributed by atoms with Crippen LogP contribution in [0.15, 0.2) is 0 Å². The molecule has 0 saturated heterocycles. The third kappa shape index (κ3) is 6.21. The topological polar surface area (TPSA) is 64.7 Å². The van der Waals surface area contributed by atoms with Crippen LogP contribution >= 0.6 is 0 Å². The molecule has 1 aliphatic rings. The van der Waals surface area contributed by atoms with Crippen molar-refractivity contribution in [3.63, 3.8) is 0 Å². The van der Waals surface area contributed by atoms with Gasteiger partial charge in [-0.05, 0) is 31.6 Å². The quantitative estimate of drug-likeness (QED) is 0.631. The zero-order valence-corrected chi connectivity index (χ0v) is 12.5. The lowest BCUT2D eigenvalue weighted by Gasteiger charge is -2.37. The highest BCUT2D eigenvalue weighted by Crippen LogP contribution is 2.26. The van der Waals surface area contributed by atoms with Crippen molar-refractivity contribution in [3.05, 3.63) is 0 Å². The Morgan fingerprint density at radius 2 is 1.79 bits per heavy atom. The van der Waals surface area contributed by atoms with E-state index in [1.807, 2.05) is 0 Å². The first-order valence-corrected chi connectivity index (χ1v) is 7.82. The smallest absolute Gasteiger partial charge is 0.0754 e. The van der Waals surface area contributed by atoms with Crippen molar-refractivity contribution < 1.29 is 14.6 Å². The van der Waals surface area contributed by atoms with Crippen LogP contribution in [0.2, 0.25) is 0 Å². The molecule has 1 aliphatic carbocycles. The molecule has 0 aromatic rings. The third-order valence-corrected chi connectivity index (χ3v) is 3.84.